The molecule has 4 atom stereocenters. The van der Waals surface area contributed by atoms with E-state index in [1.54, 1.807) is 14.2 Å². The van der Waals surface area contributed by atoms with E-state index in [2.05, 4.69) is 43.4 Å². The van der Waals surface area contributed by atoms with Crippen LogP contribution in [0.25, 0.3) is 0 Å². The molecule has 0 radical (unpaired) electrons. The number of rotatable bonds is 18. The van der Waals surface area contributed by atoms with Gasteiger partial charge in [-0.05, 0) is 75.1 Å². The Kier molecular flexibility index (Phi) is 13.9. The van der Waals surface area contributed by atoms with Crippen LogP contribution in [-0.2, 0) is 24.1 Å². The van der Waals surface area contributed by atoms with Crippen molar-refractivity contribution in [2.24, 2.45) is 0 Å². The van der Waals surface area contributed by atoms with Gasteiger partial charge >= 0.3 is 5.69 Å². The predicted octanol–water partition coefficient (Wildman–Crippen LogP) is 7.29. The SMILES string of the molecule is CC[C@]1(COC(c2ccccc2)(c2ccc(OC)cc2)c2ccc(OC)cc2)O[C@@H](n2ccc(=O)[nH]c2=O)C[C@@H]1OP(OCCC#N)N(C(C)C)C(C)C. The average Bonchev–Trinajstić information content (AvgIpc) is 3.53. The molecule has 0 saturated carbocycles. The molecule has 3 aromatic carbocycles. The maximum atomic E-state index is 13.2. The first kappa shape index (κ1) is 40.8. The molecule has 1 saturated heterocycles. The maximum Gasteiger partial charge on any atom is 0.330 e. The van der Waals surface area contributed by atoms with Crippen molar-refractivity contribution < 1.29 is 28.0 Å². The van der Waals surface area contributed by atoms with Crippen molar-refractivity contribution in [3.63, 3.8) is 0 Å². The van der Waals surface area contributed by atoms with Gasteiger partial charge in [0.1, 0.15) is 35.0 Å². The highest BCUT2D eigenvalue weighted by atomic mass is 31.2. The fourth-order valence-electron chi connectivity index (χ4n) is 7.00. The average molecular weight is 759 g/mol. The monoisotopic (exact) mass is 758 g/mol. The molecule has 1 fully saturated rings. The maximum absolute atomic E-state index is 13.2. The number of ether oxygens (including phenoxy) is 4. The van der Waals surface area contributed by atoms with Crippen LogP contribution in [0.15, 0.2) is 101 Å². The van der Waals surface area contributed by atoms with E-state index in [0.717, 1.165) is 16.7 Å². The van der Waals surface area contributed by atoms with Crippen LogP contribution < -0.4 is 20.7 Å². The lowest BCUT2D eigenvalue weighted by atomic mass is 9.79. The van der Waals surface area contributed by atoms with E-state index < -0.39 is 43.3 Å². The van der Waals surface area contributed by atoms with Gasteiger partial charge in [-0.1, -0.05) is 61.5 Å². The van der Waals surface area contributed by atoms with Gasteiger partial charge in [-0.25, -0.2) is 9.46 Å². The Hall–Kier alpha value is -4.34. The fourth-order valence-corrected chi connectivity index (χ4v) is 8.80. The zero-order chi connectivity index (χ0) is 38.9. The molecule has 0 aliphatic carbocycles. The number of H-pyrrole nitrogens is 1. The normalized spacial score (nSPS) is 19.3. The smallest absolute Gasteiger partial charge is 0.330 e. The van der Waals surface area contributed by atoms with Crippen LogP contribution in [-0.4, -0.2) is 65.4 Å². The molecule has 0 bridgehead atoms. The highest BCUT2D eigenvalue weighted by Crippen LogP contribution is 2.53. The van der Waals surface area contributed by atoms with Crippen molar-refractivity contribution in [1.82, 2.24) is 14.2 Å². The highest BCUT2D eigenvalue weighted by Gasteiger charge is 2.53. The molecule has 1 N–H and O–H groups in total. The van der Waals surface area contributed by atoms with Crippen molar-refractivity contribution in [2.45, 2.75) is 89.5 Å². The predicted molar refractivity (Wildman–Crippen MR) is 207 cm³/mol. The fraction of sp³-hybridized carbons (Fsp3) is 0.439. The number of nitrogens with zero attached hydrogens (tertiary/aromatic N) is 3. The number of nitriles is 1. The van der Waals surface area contributed by atoms with Gasteiger partial charge in [-0.3, -0.25) is 14.3 Å². The van der Waals surface area contributed by atoms with Crippen molar-refractivity contribution in [3.05, 3.63) is 129 Å². The second kappa shape index (κ2) is 18.3. The Labute approximate surface area is 318 Å². The van der Waals surface area contributed by atoms with Crippen LogP contribution in [0.5, 0.6) is 11.5 Å². The lowest BCUT2D eigenvalue weighted by molar-refractivity contribution is -0.159. The van der Waals surface area contributed by atoms with Gasteiger partial charge in [0.2, 0.25) is 0 Å². The first-order valence-electron chi connectivity index (χ1n) is 18.2. The first-order chi connectivity index (χ1) is 26.0. The molecular weight excluding hydrogens is 707 g/mol. The first-order valence-corrected chi connectivity index (χ1v) is 19.4. The summed E-state index contributed by atoms with van der Waals surface area (Å²) in [5.41, 5.74) is -0.782. The third-order valence-corrected chi connectivity index (χ3v) is 11.9. The Balaban J connectivity index is 1.66. The van der Waals surface area contributed by atoms with Gasteiger partial charge in [-0.15, -0.1) is 0 Å². The van der Waals surface area contributed by atoms with Crippen molar-refractivity contribution >= 4 is 8.53 Å². The summed E-state index contributed by atoms with van der Waals surface area (Å²) in [6.45, 7) is 10.5. The summed E-state index contributed by atoms with van der Waals surface area (Å²) in [5.74, 6) is 1.40. The summed E-state index contributed by atoms with van der Waals surface area (Å²) in [5, 5.41) is 9.35. The van der Waals surface area contributed by atoms with Crippen LogP contribution in [0.3, 0.4) is 0 Å². The quantitative estimate of drug-likeness (QED) is 0.0626. The minimum atomic E-state index is -1.70. The van der Waals surface area contributed by atoms with Crippen LogP contribution in [0.1, 0.15) is 76.8 Å². The second-order valence-corrected chi connectivity index (χ2v) is 15.1. The number of benzene rings is 3. The summed E-state index contributed by atoms with van der Waals surface area (Å²) < 4.78 is 42.4. The van der Waals surface area contributed by atoms with E-state index in [9.17, 15) is 14.9 Å². The largest absolute Gasteiger partial charge is 0.497 e. The summed E-state index contributed by atoms with van der Waals surface area (Å²) >= 11 is 0. The number of methoxy groups -OCH3 is 2. The van der Waals surface area contributed by atoms with Crippen molar-refractivity contribution in [2.75, 3.05) is 27.4 Å². The summed E-state index contributed by atoms with van der Waals surface area (Å²) in [6, 6.07) is 29.2. The van der Waals surface area contributed by atoms with E-state index in [4.69, 9.17) is 28.0 Å². The van der Waals surface area contributed by atoms with E-state index in [1.807, 2.05) is 85.8 Å². The molecule has 5 rings (SSSR count). The van der Waals surface area contributed by atoms with Crippen LogP contribution in [0.4, 0.5) is 0 Å². The van der Waals surface area contributed by atoms with Gasteiger partial charge in [0.05, 0.1) is 39.9 Å². The molecule has 1 aliphatic heterocycles. The van der Waals surface area contributed by atoms with Crippen molar-refractivity contribution in [3.8, 4) is 17.6 Å². The van der Waals surface area contributed by atoms with E-state index in [0.29, 0.717) is 17.9 Å². The zero-order valence-corrected chi connectivity index (χ0v) is 33.0. The molecule has 2 heterocycles. The molecule has 288 valence electrons. The standard InChI is InChI=1S/C41H51N4O8P/c1-8-40(28-50-41(31-13-10-9-11-14-31,32-15-19-34(48-6)20-16-32)33-17-21-35(49-7)22-18-33)36(27-38(52-40)44-25-23-37(46)43-39(44)47)53-54(51-26-12-24-42)45(29(2)3)30(4)5/h9-11,13-23,25,29-30,36,38H,8,12,26-28H2,1-7H3,(H,43,46,47)/t36-,38+,40+,54?/m0/s1. The lowest BCUT2D eigenvalue weighted by Crippen LogP contribution is -2.48. The lowest BCUT2D eigenvalue weighted by Gasteiger charge is -2.42. The number of aromatic amines is 1. The summed E-state index contributed by atoms with van der Waals surface area (Å²) in [6.07, 6.45) is 0.913. The third-order valence-electron chi connectivity index (χ3n) is 9.72. The van der Waals surface area contributed by atoms with E-state index in [1.165, 1.54) is 16.8 Å². The number of aromatic nitrogens is 2. The molecule has 0 amide bonds. The topological polar surface area (TPSA) is 137 Å². The molecule has 54 heavy (non-hydrogen) atoms. The Morgan fingerprint density at radius 2 is 1.50 bits per heavy atom. The Morgan fingerprint density at radius 1 is 0.926 bits per heavy atom. The minimum absolute atomic E-state index is 0.0282. The summed E-state index contributed by atoms with van der Waals surface area (Å²) in [7, 11) is 1.56. The van der Waals surface area contributed by atoms with Gasteiger partial charge in [0.15, 0.2) is 0 Å². The zero-order valence-electron chi connectivity index (χ0n) is 32.1. The molecule has 0 spiro atoms. The minimum Gasteiger partial charge on any atom is -0.497 e. The Morgan fingerprint density at radius 3 is 2.00 bits per heavy atom. The third kappa shape index (κ3) is 8.79. The van der Waals surface area contributed by atoms with E-state index >= 15 is 0 Å². The number of hydrogen-bond acceptors (Lipinski definition) is 10. The molecule has 4 aromatic rings. The van der Waals surface area contributed by atoms with Gasteiger partial charge in [-0.2, -0.15) is 5.26 Å². The molecule has 13 heteroatoms. The molecule has 12 nitrogen and oxygen atoms in total. The van der Waals surface area contributed by atoms with Crippen LogP contribution in [0, 0.1) is 11.3 Å². The van der Waals surface area contributed by atoms with Gasteiger partial charge in [0.25, 0.3) is 14.1 Å². The van der Waals surface area contributed by atoms with Crippen LogP contribution >= 0.6 is 8.53 Å². The van der Waals surface area contributed by atoms with Gasteiger partial charge in [0, 0.05) is 30.8 Å². The number of nitrogens with one attached hydrogen (secondary N) is 1. The molecule has 1 aliphatic rings. The molecule has 1 unspecified atom stereocenters. The summed E-state index contributed by atoms with van der Waals surface area (Å²) in [4.78, 5) is 27.6. The number of hydrogen-bond donors (Lipinski definition) is 1. The molecular formula is C41H51N4O8P. The van der Waals surface area contributed by atoms with E-state index in [-0.39, 0.29) is 38.1 Å². The highest BCUT2D eigenvalue weighted by molar-refractivity contribution is 7.44. The van der Waals surface area contributed by atoms with Gasteiger partial charge < -0.3 is 28.0 Å². The second-order valence-electron chi connectivity index (χ2n) is 13.7. The Bertz CT molecular complexity index is 1890. The van der Waals surface area contributed by atoms with Crippen LogP contribution in [0.2, 0.25) is 0 Å². The van der Waals surface area contributed by atoms with Crippen molar-refractivity contribution in [1.29, 1.82) is 5.26 Å². The molecule has 1 aromatic heterocycles.